The van der Waals surface area contributed by atoms with E-state index >= 15 is 0 Å². The molecule has 0 fully saturated rings. The van der Waals surface area contributed by atoms with Gasteiger partial charge in [-0.3, -0.25) is 0 Å². The molecule has 1 aromatic carbocycles. The second-order valence-corrected chi connectivity index (χ2v) is 6.99. The van der Waals surface area contributed by atoms with Crippen molar-refractivity contribution in [1.82, 2.24) is 0 Å². The molecule has 1 aromatic heterocycles. The van der Waals surface area contributed by atoms with Crippen LogP contribution in [0.3, 0.4) is 0 Å². The largest absolute Gasteiger partial charge is 0.444 e. The van der Waals surface area contributed by atoms with Crippen LogP contribution in [-0.2, 0) is 10.1 Å². The van der Waals surface area contributed by atoms with Gasteiger partial charge in [0.25, 0.3) is 5.09 Å². The van der Waals surface area contributed by atoms with Gasteiger partial charge in [-0.05, 0) is 30.3 Å². The van der Waals surface area contributed by atoms with Gasteiger partial charge in [-0.25, -0.2) is 0 Å². The van der Waals surface area contributed by atoms with Gasteiger partial charge in [0, 0.05) is 5.02 Å². The Morgan fingerprint density at radius 2 is 1.80 bits per heavy atom. The van der Waals surface area contributed by atoms with Crippen LogP contribution >= 0.6 is 46.4 Å². The lowest BCUT2D eigenvalue weighted by molar-refractivity contribution is 0.394. The molecule has 0 unspecified atom stereocenters. The molecular formula is C11H6Cl4O4S. The number of rotatable bonds is 4. The van der Waals surface area contributed by atoms with E-state index in [2.05, 4.69) is 0 Å². The van der Waals surface area contributed by atoms with E-state index in [-0.39, 0.29) is 16.5 Å². The summed E-state index contributed by atoms with van der Waals surface area (Å²) in [6.07, 6.45) is 0. The Hall–Kier alpha value is -0.590. The molecule has 0 atom stereocenters. The van der Waals surface area contributed by atoms with Crippen molar-refractivity contribution in [3.05, 3.63) is 46.1 Å². The maximum atomic E-state index is 12.0. The number of alkyl halides is 2. The zero-order valence-corrected chi connectivity index (χ0v) is 13.4. The van der Waals surface area contributed by atoms with Gasteiger partial charge in [0.05, 0.1) is 5.02 Å². The Bertz CT molecular complexity index is 724. The normalized spacial score (nSPS) is 11.8. The fourth-order valence-corrected chi connectivity index (χ4v) is 2.91. The summed E-state index contributed by atoms with van der Waals surface area (Å²) in [4.78, 5) is -0.974. The molecule has 4 nitrogen and oxygen atoms in total. The molecule has 0 spiro atoms. The SMILES string of the molecule is O=S(=O)(Oc1ccc(Cl)cc1Cl)c1ccc(C(Cl)Cl)o1. The molecule has 108 valence electrons. The summed E-state index contributed by atoms with van der Waals surface area (Å²) in [5.74, 6) is 0.0278. The van der Waals surface area contributed by atoms with Gasteiger partial charge in [-0.2, -0.15) is 8.42 Å². The molecule has 2 rings (SSSR count). The molecule has 0 amide bonds. The van der Waals surface area contributed by atoms with Crippen molar-refractivity contribution >= 4 is 56.5 Å². The van der Waals surface area contributed by atoms with Gasteiger partial charge in [0.2, 0.25) is 0 Å². The Morgan fingerprint density at radius 1 is 1.10 bits per heavy atom. The van der Waals surface area contributed by atoms with E-state index in [1.165, 1.54) is 30.3 Å². The highest BCUT2D eigenvalue weighted by atomic mass is 35.5. The Kier molecular flexibility index (Phi) is 4.76. The van der Waals surface area contributed by atoms with Crippen LogP contribution in [0.5, 0.6) is 5.75 Å². The van der Waals surface area contributed by atoms with E-state index in [1.807, 2.05) is 0 Å². The fourth-order valence-electron chi connectivity index (χ4n) is 1.29. The lowest BCUT2D eigenvalue weighted by Gasteiger charge is -2.06. The Labute approximate surface area is 135 Å². The van der Waals surface area contributed by atoms with Crippen LogP contribution in [0.15, 0.2) is 39.8 Å². The monoisotopic (exact) mass is 374 g/mol. The Balaban J connectivity index is 2.30. The average Bonchev–Trinajstić information content (AvgIpc) is 2.83. The van der Waals surface area contributed by atoms with Crippen LogP contribution in [0.25, 0.3) is 0 Å². The van der Waals surface area contributed by atoms with Gasteiger partial charge >= 0.3 is 10.1 Å². The van der Waals surface area contributed by atoms with E-state index in [9.17, 15) is 8.42 Å². The van der Waals surface area contributed by atoms with Gasteiger partial charge in [0.1, 0.15) is 5.76 Å². The molecule has 0 aliphatic carbocycles. The van der Waals surface area contributed by atoms with E-state index in [4.69, 9.17) is 55.0 Å². The minimum Gasteiger partial charge on any atom is -0.444 e. The fraction of sp³-hybridized carbons (Fsp3) is 0.0909. The molecule has 0 aliphatic heterocycles. The first-order chi connectivity index (χ1) is 9.29. The van der Waals surface area contributed by atoms with Crippen LogP contribution in [0.4, 0.5) is 0 Å². The van der Waals surface area contributed by atoms with E-state index in [1.54, 1.807) is 0 Å². The maximum absolute atomic E-state index is 12.0. The number of halogens is 4. The van der Waals surface area contributed by atoms with Gasteiger partial charge < -0.3 is 8.60 Å². The molecule has 9 heteroatoms. The zero-order valence-electron chi connectivity index (χ0n) is 9.52. The molecule has 0 radical (unpaired) electrons. The van der Waals surface area contributed by atoms with Crippen LogP contribution in [0.2, 0.25) is 10.0 Å². The molecule has 0 saturated heterocycles. The van der Waals surface area contributed by atoms with E-state index < -0.39 is 20.0 Å². The predicted molar refractivity (Wildman–Crippen MR) is 77.4 cm³/mol. The minimum atomic E-state index is -4.17. The number of hydrogen-bond acceptors (Lipinski definition) is 4. The zero-order chi connectivity index (χ0) is 14.9. The molecular weight excluding hydrogens is 370 g/mol. The van der Waals surface area contributed by atoms with E-state index in [0.717, 1.165) is 0 Å². The summed E-state index contributed by atoms with van der Waals surface area (Å²) in [6, 6.07) is 6.66. The molecule has 0 aliphatic rings. The topological polar surface area (TPSA) is 56.5 Å². The van der Waals surface area contributed by atoms with E-state index in [0.29, 0.717) is 5.02 Å². The van der Waals surface area contributed by atoms with Crippen LogP contribution in [0.1, 0.15) is 10.6 Å². The summed E-state index contributed by atoms with van der Waals surface area (Å²) >= 11 is 22.7. The van der Waals surface area contributed by atoms with Crippen molar-refractivity contribution in [2.75, 3.05) is 0 Å². The van der Waals surface area contributed by atoms with Crippen molar-refractivity contribution in [2.24, 2.45) is 0 Å². The van der Waals surface area contributed by atoms with Gasteiger partial charge in [0.15, 0.2) is 10.6 Å². The summed E-state index contributed by atoms with van der Waals surface area (Å²) in [5.41, 5.74) is 0. The molecule has 0 N–H and O–H groups in total. The lowest BCUT2D eigenvalue weighted by Crippen LogP contribution is -2.09. The molecule has 0 bridgehead atoms. The maximum Gasteiger partial charge on any atom is 0.373 e. The van der Waals surface area contributed by atoms with Crippen molar-refractivity contribution in [3.8, 4) is 5.75 Å². The van der Waals surface area contributed by atoms with Crippen molar-refractivity contribution in [1.29, 1.82) is 0 Å². The summed E-state index contributed by atoms with van der Waals surface area (Å²) in [5, 5.41) is -0.0163. The Morgan fingerprint density at radius 3 is 2.35 bits per heavy atom. The molecule has 2 aromatic rings. The number of furan rings is 1. The smallest absolute Gasteiger partial charge is 0.373 e. The van der Waals surface area contributed by atoms with Crippen molar-refractivity contribution in [3.63, 3.8) is 0 Å². The third-order valence-electron chi connectivity index (χ3n) is 2.16. The molecule has 0 saturated carbocycles. The number of hydrogen-bond donors (Lipinski definition) is 0. The second kappa shape index (κ2) is 6.03. The lowest BCUT2D eigenvalue weighted by atomic mass is 10.3. The highest BCUT2D eigenvalue weighted by Crippen LogP contribution is 2.32. The van der Waals surface area contributed by atoms with Crippen LogP contribution in [-0.4, -0.2) is 8.42 Å². The van der Waals surface area contributed by atoms with Crippen LogP contribution in [0, 0.1) is 0 Å². The first-order valence-corrected chi connectivity index (χ1v) is 8.11. The summed E-state index contributed by atoms with van der Waals surface area (Å²) < 4.78 is 33.8. The highest BCUT2D eigenvalue weighted by Gasteiger charge is 2.24. The average molecular weight is 376 g/mol. The first-order valence-electron chi connectivity index (χ1n) is 5.07. The first kappa shape index (κ1) is 15.8. The van der Waals surface area contributed by atoms with Gasteiger partial charge in [-0.15, -0.1) is 0 Å². The second-order valence-electron chi connectivity index (χ2n) is 3.57. The van der Waals surface area contributed by atoms with Crippen molar-refractivity contribution < 1.29 is 17.0 Å². The van der Waals surface area contributed by atoms with Crippen LogP contribution < -0.4 is 4.18 Å². The van der Waals surface area contributed by atoms with Crippen molar-refractivity contribution in [2.45, 2.75) is 9.93 Å². The summed E-state index contributed by atoms with van der Waals surface area (Å²) in [7, 11) is -4.17. The standard InChI is InChI=1S/C11H6Cl4O4S/c12-6-1-2-8(7(13)5-6)19-20(16,17)10-4-3-9(18-10)11(14)15/h1-5,11H. The third kappa shape index (κ3) is 3.54. The molecule has 1 heterocycles. The summed E-state index contributed by atoms with van der Waals surface area (Å²) in [6.45, 7) is 0. The highest BCUT2D eigenvalue weighted by molar-refractivity contribution is 7.87. The number of benzene rings is 1. The predicted octanol–water partition coefficient (Wildman–Crippen LogP) is 4.83. The quantitative estimate of drug-likeness (QED) is 0.567. The minimum absolute atomic E-state index is 0.0559. The molecule has 20 heavy (non-hydrogen) atoms. The third-order valence-corrected chi connectivity index (χ3v) is 4.23. The van der Waals surface area contributed by atoms with Gasteiger partial charge in [-0.1, -0.05) is 46.4 Å².